The van der Waals surface area contributed by atoms with Crippen LogP contribution in [0.3, 0.4) is 0 Å². The highest BCUT2D eigenvalue weighted by atomic mass is 16.5. The van der Waals surface area contributed by atoms with E-state index in [0.717, 1.165) is 5.75 Å². The number of hydrogen-bond donors (Lipinski definition) is 2. The van der Waals surface area contributed by atoms with Crippen LogP contribution in [0.4, 0.5) is 5.69 Å². The monoisotopic (exact) mass is 224 g/mol. The Morgan fingerprint density at radius 2 is 2.00 bits per heavy atom. The molecule has 1 aromatic carbocycles. The van der Waals surface area contributed by atoms with Crippen molar-refractivity contribution >= 4 is 11.6 Å². The summed E-state index contributed by atoms with van der Waals surface area (Å²) in [7, 11) is 1.64. The number of rotatable bonds is 4. The number of nitrogens with two attached hydrogens (primary N) is 1. The molecule has 1 fully saturated rings. The molecule has 0 aliphatic carbocycles. The number of carbonyl (C=O) groups is 1. The molecule has 1 saturated heterocycles. The van der Waals surface area contributed by atoms with Crippen LogP contribution in [0.2, 0.25) is 0 Å². The molecular formula is C11H16N2O3. The molecular weight excluding hydrogens is 208 g/mol. The fourth-order valence-corrected chi connectivity index (χ4v) is 0.883. The third-order valence-electron chi connectivity index (χ3n) is 1.79. The molecule has 0 saturated carbocycles. The summed E-state index contributed by atoms with van der Waals surface area (Å²) in [5, 5.41) is 2.46. The molecule has 3 N–H and O–H groups in total. The van der Waals surface area contributed by atoms with Gasteiger partial charge in [0.1, 0.15) is 12.4 Å². The second-order valence-electron chi connectivity index (χ2n) is 3.16. The number of anilines is 1. The van der Waals surface area contributed by atoms with Crippen molar-refractivity contribution in [1.82, 2.24) is 5.32 Å². The van der Waals surface area contributed by atoms with Gasteiger partial charge in [-0.15, -0.1) is 0 Å². The first kappa shape index (κ1) is 12.3. The van der Waals surface area contributed by atoms with Gasteiger partial charge in [0.25, 0.3) is 0 Å². The Bertz CT molecular complexity index is 336. The predicted molar refractivity (Wildman–Crippen MR) is 61.2 cm³/mol. The molecule has 1 amide bonds. The number of methoxy groups -OCH3 is 1. The van der Waals surface area contributed by atoms with E-state index in [2.05, 4.69) is 5.32 Å². The summed E-state index contributed by atoms with van der Waals surface area (Å²) in [6.07, 6.45) is 0. The quantitative estimate of drug-likeness (QED) is 0.441. The van der Waals surface area contributed by atoms with Crippen LogP contribution < -0.4 is 15.8 Å². The Kier molecular flexibility index (Phi) is 5.15. The smallest absolute Gasteiger partial charge is 0.239 e. The minimum Gasteiger partial charge on any atom is -0.489 e. The molecule has 1 heterocycles. The first-order chi connectivity index (χ1) is 7.74. The maximum atomic E-state index is 9.44. The normalized spacial score (nSPS) is 12.2. The van der Waals surface area contributed by atoms with Crippen LogP contribution in [0.1, 0.15) is 0 Å². The highest BCUT2D eigenvalue weighted by Gasteiger charge is 2.10. The van der Waals surface area contributed by atoms with Gasteiger partial charge in [-0.2, -0.15) is 0 Å². The van der Waals surface area contributed by atoms with Crippen LogP contribution in [-0.2, 0) is 9.53 Å². The van der Waals surface area contributed by atoms with E-state index in [1.54, 1.807) is 7.11 Å². The van der Waals surface area contributed by atoms with E-state index in [1.807, 2.05) is 24.3 Å². The van der Waals surface area contributed by atoms with Crippen molar-refractivity contribution in [2.75, 3.05) is 32.6 Å². The second-order valence-corrected chi connectivity index (χ2v) is 3.16. The number of amides is 1. The number of nitrogens with one attached hydrogen (secondary N) is 1. The Hall–Kier alpha value is -1.75. The molecule has 1 aliphatic rings. The Balaban J connectivity index is 0.000000267. The lowest BCUT2D eigenvalue weighted by Gasteiger charge is -2.06. The predicted octanol–water partition coefficient (Wildman–Crippen LogP) is 0.410. The van der Waals surface area contributed by atoms with E-state index >= 15 is 0 Å². The topological polar surface area (TPSA) is 83.5 Å². The van der Waals surface area contributed by atoms with Crippen molar-refractivity contribution in [3.63, 3.8) is 0 Å². The first-order valence-corrected chi connectivity index (χ1v) is 4.97. The van der Waals surface area contributed by atoms with E-state index in [0.29, 0.717) is 25.4 Å². The van der Waals surface area contributed by atoms with Gasteiger partial charge >= 0.3 is 0 Å². The number of ether oxygens (including phenoxy) is 2. The maximum Gasteiger partial charge on any atom is 0.239 e. The zero-order chi connectivity index (χ0) is 11.8. The van der Waals surface area contributed by atoms with Crippen LogP contribution in [0, 0.1) is 0 Å². The van der Waals surface area contributed by atoms with Crippen LogP contribution in [0.5, 0.6) is 5.75 Å². The van der Waals surface area contributed by atoms with Gasteiger partial charge in [0.2, 0.25) is 5.91 Å². The molecule has 5 heteroatoms. The van der Waals surface area contributed by atoms with E-state index in [4.69, 9.17) is 15.2 Å². The van der Waals surface area contributed by atoms with Gasteiger partial charge in [0.05, 0.1) is 18.8 Å². The van der Waals surface area contributed by atoms with Gasteiger partial charge in [0.15, 0.2) is 0 Å². The Labute approximate surface area is 94.5 Å². The Morgan fingerprint density at radius 3 is 2.50 bits per heavy atom. The lowest BCUT2D eigenvalue weighted by Crippen LogP contribution is -2.05. The molecule has 2 rings (SSSR count). The van der Waals surface area contributed by atoms with Crippen LogP contribution in [0.25, 0.3) is 0 Å². The molecule has 1 aliphatic heterocycles. The number of carbonyl (C=O) groups excluding carboxylic acids is 1. The van der Waals surface area contributed by atoms with Crippen molar-refractivity contribution in [3.8, 4) is 5.75 Å². The fraction of sp³-hybridized carbons (Fsp3) is 0.364. The van der Waals surface area contributed by atoms with E-state index in [1.165, 1.54) is 0 Å². The molecule has 0 unspecified atom stereocenters. The van der Waals surface area contributed by atoms with Gasteiger partial charge in [-0.3, -0.25) is 4.79 Å². The van der Waals surface area contributed by atoms with Crippen molar-refractivity contribution in [1.29, 1.82) is 0 Å². The summed E-state index contributed by atoms with van der Waals surface area (Å²) in [4.78, 5) is 9.44. The van der Waals surface area contributed by atoms with Crippen LogP contribution >= 0.6 is 0 Å². The second kappa shape index (κ2) is 6.68. The highest BCUT2D eigenvalue weighted by molar-refractivity contribution is 5.91. The third kappa shape index (κ3) is 5.21. The minimum absolute atomic E-state index is 0.167. The zero-order valence-corrected chi connectivity index (χ0v) is 9.23. The van der Waals surface area contributed by atoms with E-state index in [-0.39, 0.29) is 5.91 Å². The lowest BCUT2D eigenvalue weighted by atomic mass is 10.3. The van der Waals surface area contributed by atoms with E-state index < -0.39 is 0 Å². The molecule has 88 valence electrons. The number of hydrogen-bond acceptors (Lipinski definition) is 4. The van der Waals surface area contributed by atoms with Crippen LogP contribution in [-0.4, -0.2) is 32.8 Å². The van der Waals surface area contributed by atoms with Gasteiger partial charge in [-0.25, -0.2) is 0 Å². The standard InChI is InChI=1S/C9H13NO2.C2H3NO/c1-11-6-7-12-9-5-3-2-4-8(9)10;4-2-1-3-2/h2-5H,6-7,10H2,1H3;1H2,(H,3,4). The van der Waals surface area contributed by atoms with E-state index in [9.17, 15) is 4.79 Å². The molecule has 16 heavy (non-hydrogen) atoms. The van der Waals surface area contributed by atoms with Gasteiger partial charge in [-0.05, 0) is 12.1 Å². The average Bonchev–Trinajstić information content (AvgIpc) is 3.05. The fourth-order valence-electron chi connectivity index (χ4n) is 0.883. The Morgan fingerprint density at radius 1 is 1.38 bits per heavy atom. The summed E-state index contributed by atoms with van der Waals surface area (Å²) in [5.74, 6) is 0.884. The van der Waals surface area contributed by atoms with Gasteiger partial charge < -0.3 is 20.5 Å². The number of benzene rings is 1. The summed E-state index contributed by atoms with van der Waals surface area (Å²) >= 11 is 0. The zero-order valence-electron chi connectivity index (χ0n) is 9.23. The average molecular weight is 224 g/mol. The summed E-state index contributed by atoms with van der Waals surface area (Å²) < 4.78 is 10.2. The highest BCUT2D eigenvalue weighted by Crippen LogP contribution is 2.19. The summed E-state index contributed by atoms with van der Waals surface area (Å²) in [6, 6.07) is 7.41. The maximum absolute atomic E-state index is 9.44. The van der Waals surface area contributed by atoms with Crippen molar-refractivity contribution in [2.24, 2.45) is 0 Å². The molecule has 0 radical (unpaired) electrons. The van der Waals surface area contributed by atoms with Crippen molar-refractivity contribution < 1.29 is 14.3 Å². The molecule has 0 aromatic heterocycles. The number of nitrogen functional groups attached to an aromatic ring is 1. The molecule has 0 spiro atoms. The first-order valence-electron chi connectivity index (χ1n) is 4.97. The van der Waals surface area contributed by atoms with Crippen LogP contribution in [0.15, 0.2) is 24.3 Å². The molecule has 0 atom stereocenters. The summed E-state index contributed by atoms with van der Waals surface area (Å²) in [5.41, 5.74) is 6.30. The van der Waals surface area contributed by atoms with Crippen molar-refractivity contribution in [2.45, 2.75) is 0 Å². The SMILES string of the molecule is COCCOc1ccccc1N.O=C1CN1. The molecule has 5 nitrogen and oxygen atoms in total. The lowest BCUT2D eigenvalue weighted by molar-refractivity contribution is -0.110. The largest absolute Gasteiger partial charge is 0.489 e. The van der Waals surface area contributed by atoms with Crippen molar-refractivity contribution in [3.05, 3.63) is 24.3 Å². The summed E-state index contributed by atoms with van der Waals surface area (Å²) in [6.45, 7) is 1.71. The van der Waals surface area contributed by atoms with Gasteiger partial charge in [0, 0.05) is 7.11 Å². The molecule has 0 bridgehead atoms. The third-order valence-corrected chi connectivity index (χ3v) is 1.79. The number of para-hydroxylation sites is 2. The van der Waals surface area contributed by atoms with Gasteiger partial charge in [-0.1, -0.05) is 12.1 Å². The minimum atomic E-state index is 0.167. The molecule has 1 aromatic rings.